The first kappa shape index (κ1) is 19.6. The first-order chi connectivity index (χ1) is 14.8. The van der Waals surface area contributed by atoms with Crippen LogP contribution in [0.3, 0.4) is 0 Å². The van der Waals surface area contributed by atoms with Crippen LogP contribution in [0.5, 0.6) is 0 Å². The fourth-order valence-corrected chi connectivity index (χ4v) is 4.91. The summed E-state index contributed by atoms with van der Waals surface area (Å²) < 4.78 is 29.8. The molecule has 1 fully saturated rings. The van der Waals surface area contributed by atoms with E-state index in [1.54, 1.807) is 6.20 Å². The number of nitrogens with zero attached hydrogens (tertiary/aromatic N) is 5. The van der Waals surface area contributed by atoms with Gasteiger partial charge in [-0.15, -0.1) is 0 Å². The van der Waals surface area contributed by atoms with Crippen LogP contribution in [0.2, 0.25) is 0 Å². The number of fused-ring (bicyclic) bond motifs is 1. The molecule has 1 saturated carbocycles. The number of hydrogen-bond donors (Lipinski definition) is 1. The van der Waals surface area contributed by atoms with E-state index in [9.17, 15) is 13.7 Å². The number of sulfonamides is 1. The Balaban J connectivity index is 1.65. The second-order valence-corrected chi connectivity index (χ2v) is 9.78. The van der Waals surface area contributed by atoms with Gasteiger partial charge in [0, 0.05) is 22.8 Å². The van der Waals surface area contributed by atoms with E-state index in [1.165, 1.54) is 12.4 Å². The SMILES string of the molecule is CCc1cnc2c(c1)c(C#N)c(-c1ncc(S(=O)(=O)NC3(C)CC3)cn1)n2C1=CC=C1. The van der Waals surface area contributed by atoms with Gasteiger partial charge in [-0.05, 0) is 50.0 Å². The Morgan fingerprint density at radius 1 is 1.23 bits per heavy atom. The molecule has 2 aliphatic carbocycles. The lowest BCUT2D eigenvalue weighted by molar-refractivity contribution is 0.557. The normalized spacial score (nSPS) is 16.6. The van der Waals surface area contributed by atoms with Crippen LogP contribution in [0.25, 0.3) is 28.2 Å². The molecule has 9 heteroatoms. The highest BCUT2D eigenvalue weighted by Crippen LogP contribution is 2.37. The summed E-state index contributed by atoms with van der Waals surface area (Å²) in [5.41, 5.74) is 3.06. The average Bonchev–Trinajstić information content (AvgIpc) is 3.35. The Morgan fingerprint density at radius 2 is 1.94 bits per heavy atom. The minimum atomic E-state index is -3.71. The lowest BCUT2D eigenvalue weighted by Gasteiger charge is -2.14. The molecule has 3 heterocycles. The summed E-state index contributed by atoms with van der Waals surface area (Å²) in [5, 5.41) is 10.7. The van der Waals surface area contributed by atoms with Crippen LogP contribution in [0.4, 0.5) is 0 Å². The third-order valence-electron chi connectivity index (χ3n) is 5.71. The minimum absolute atomic E-state index is 0.000284. The van der Waals surface area contributed by atoms with Crippen molar-refractivity contribution in [3.8, 4) is 17.6 Å². The topological polar surface area (TPSA) is 114 Å². The largest absolute Gasteiger partial charge is 0.290 e. The molecule has 0 bridgehead atoms. The van der Waals surface area contributed by atoms with Gasteiger partial charge in [-0.3, -0.25) is 4.57 Å². The van der Waals surface area contributed by atoms with Crippen molar-refractivity contribution >= 4 is 26.8 Å². The van der Waals surface area contributed by atoms with Crippen molar-refractivity contribution in [1.29, 1.82) is 5.26 Å². The Kier molecular flexibility index (Phi) is 4.32. The van der Waals surface area contributed by atoms with Gasteiger partial charge < -0.3 is 0 Å². The average molecular weight is 433 g/mol. The van der Waals surface area contributed by atoms with E-state index in [0.29, 0.717) is 16.9 Å². The van der Waals surface area contributed by atoms with Gasteiger partial charge in [0.25, 0.3) is 0 Å². The Labute approximate surface area is 180 Å². The van der Waals surface area contributed by atoms with E-state index in [-0.39, 0.29) is 16.3 Å². The minimum Gasteiger partial charge on any atom is -0.290 e. The Bertz CT molecular complexity index is 1420. The molecule has 0 unspecified atom stereocenters. The van der Waals surface area contributed by atoms with Crippen molar-refractivity contribution in [2.45, 2.75) is 43.5 Å². The molecule has 0 saturated heterocycles. The van der Waals surface area contributed by atoms with Crippen molar-refractivity contribution in [1.82, 2.24) is 24.2 Å². The molecule has 31 heavy (non-hydrogen) atoms. The molecule has 1 N–H and O–H groups in total. The number of nitrogens with one attached hydrogen (secondary N) is 1. The maximum Gasteiger partial charge on any atom is 0.244 e. The molecular weight excluding hydrogens is 412 g/mol. The van der Waals surface area contributed by atoms with Gasteiger partial charge in [-0.25, -0.2) is 28.1 Å². The monoisotopic (exact) mass is 432 g/mol. The predicted molar refractivity (Wildman–Crippen MR) is 116 cm³/mol. The summed E-state index contributed by atoms with van der Waals surface area (Å²) in [6.07, 6.45) is 12.5. The molecule has 0 radical (unpaired) electrons. The fourth-order valence-electron chi connectivity index (χ4n) is 3.56. The molecule has 0 aliphatic heterocycles. The van der Waals surface area contributed by atoms with Crippen molar-refractivity contribution in [2.75, 3.05) is 0 Å². The lowest BCUT2D eigenvalue weighted by Crippen LogP contribution is -2.34. The summed E-state index contributed by atoms with van der Waals surface area (Å²) in [4.78, 5) is 13.3. The third-order valence-corrected chi connectivity index (χ3v) is 7.30. The first-order valence-corrected chi connectivity index (χ1v) is 11.5. The Morgan fingerprint density at radius 3 is 2.48 bits per heavy atom. The van der Waals surface area contributed by atoms with Crippen LogP contribution < -0.4 is 4.72 Å². The standard InChI is InChI=1S/C22H20N6O2S/c1-3-14-9-17-18(10-23)19(28(15-5-4-6-15)21(17)26-11-14)20-24-12-16(13-25-20)31(29,30)27-22(2)7-8-22/h4-6,9,11-13,27H,3,7-8H2,1-2H3. The van der Waals surface area contributed by atoms with E-state index >= 15 is 0 Å². The van der Waals surface area contributed by atoms with Crippen molar-refractivity contribution in [2.24, 2.45) is 0 Å². The lowest BCUT2D eigenvalue weighted by atomic mass is 10.1. The van der Waals surface area contributed by atoms with E-state index < -0.39 is 10.0 Å². The second kappa shape index (κ2) is 6.83. The fraction of sp³-hybridized carbons (Fsp3) is 0.273. The zero-order valence-corrected chi connectivity index (χ0v) is 17.9. The number of allylic oxidation sites excluding steroid dienone is 4. The number of nitriles is 1. The molecule has 2 aliphatic rings. The quantitative estimate of drug-likeness (QED) is 0.640. The van der Waals surface area contributed by atoms with Gasteiger partial charge in [0.05, 0.1) is 18.0 Å². The number of hydrogen-bond acceptors (Lipinski definition) is 6. The van der Waals surface area contributed by atoms with Crippen LogP contribution in [0.15, 0.2) is 47.8 Å². The summed E-state index contributed by atoms with van der Waals surface area (Å²) in [6.45, 7) is 3.90. The van der Waals surface area contributed by atoms with Gasteiger partial charge in [-0.2, -0.15) is 5.26 Å². The first-order valence-electron chi connectivity index (χ1n) is 10.0. The molecule has 8 nitrogen and oxygen atoms in total. The van der Waals surface area contributed by atoms with Crippen LogP contribution in [0, 0.1) is 11.3 Å². The number of pyridine rings is 1. The summed E-state index contributed by atoms with van der Waals surface area (Å²) >= 11 is 0. The molecule has 0 spiro atoms. The van der Waals surface area contributed by atoms with E-state index in [2.05, 4.69) is 25.7 Å². The maximum atomic E-state index is 12.6. The number of aromatic nitrogens is 4. The highest BCUT2D eigenvalue weighted by molar-refractivity contribution is 7.89. The summed E-state index contributed by atoms with van der Waals surface area (Å²) in [7, 11) is -3.71. The van der Waals surface area contributed by atoms with E-state index in [0.717, 1.165) is 35.9 Å². The zero-order valence-electron chi connectivity index (χ0n) is 17.1. The van der Waals surface area contributed by atoms with E-state index in [4.69, 9.17) is 0 Å². The molecule has 0 aromatic carbocycles. The molecule has 156 valence electrons. The highest BCUT2D eigenvalue weighted by Gasteiger charge is 2.41. The van der Waals surface area contributed by atoms with Crippen LogP contribution in [-0.2, 0) is 16.4 Å². The second-order valence-electron chi connectivity index (χ2n) is 8.10. The summed E-state index contributed by atoms with van der Waals surface area (Å²) in [5.74, 6) is 0.269. The number of aryl methyl sites for hydroxylation is 1. The zero-order chi connectivity index (χ0) is 21.8. The van der Waals surface area contributed by atoms with Crippen molar-refractivity contribution in [3.63, 3.8) is 0 Å². The maximum absolute atomic E-state index is 12.6. The van der Waals surface area contributed by atoms with Crippen molar-refractivity contribution in [3.05, 3.63) is 54.0 Å². The molecular formula is C22H20N6O2S. The van der Waals surface area contributed by atoms with Gasteiger partial charge in [0.15, 0.2) is 5.82 Å². The molecule has 3 aromatic heterocycles. The molecule has 0 amide bonds. The Hall–Kier alpha value is -3.35. The molecule has 5 rings (SSSR count). The smallest absolute Gasteiger partial charge is 0.244 e. The number of rotatable bonds is 6. The predicted octanol–water partition coefficient (Wildman–Crippen LogP) is 3.17. The van der Waals surface area contributed by atoms with Crippen molar-refractivity contribution < 1.29 is 8.42 Å². The van der Waals surface area contributed by atoms with Crippen LogP contribution >= 0.6 is 0 Å². The molecule has 3 aromatic rings. The van der Waals surface area contributed by atoms with Gasteiger partial charge >= 0.3 is 0 Å². The van der Waals surface area contributed by atoms with Crippen LogP contribution in [-0.4, -0.2) is 33.5 Å². The van der Waals surface area contributed by atoms with E-state index in [1.807, 2.05) is 42.7 Å². The van der Waals surface area contributed by atoms with Gasteiger partial charge in [-0.1, -0.05) is 13.0 Å². The summed E-state index contributed by atoms with van der Waals surface area (Å²) in [6, 6.07) is 4.23. The molecule has 0 atom stereocenters. The van der Waals surface area contributed by atoms with Crippen LogP contribution in [0.1, 0.15) is 37.8 Å². The van der Waals surface area contributed by atoms with Gasteiger partial charge in [0.1, 0.15) is 22.3 Å². The van der Waals surface area contributed by atoms with Gasteiger partial charge in [0.2, 0.25) is 10.0 Å². The highest BCUT2D eigenvalue weighted by atomic mass is 32.2. The third kappa shape index (κ3) is 3.24.